The number of fused-ring (bicyclic) bond motifs is 1. The molecular weight excluding hydrogens is 348 g/mol. The van der Waals surface area contributed by atoms with E-state index in [2.05, 4.69) is 37.3 Å². The van der Waals surface area contributed by atoms with E-state index >= 15 is 0 Å². The highest BCUT2D eigenvalue weighted by atomic mass is 35.5. The van der Waals surface area contributed by atoms with Gasteiger partial charge in [0.05, 0.1) is 11.9 Å². The maximum absolute atomic E-state index is 6.68. The molecule has 1 aliphatic carbocycles. The minimum atomic E-state index is 0.586. The first-order chi connectivity index (χ1) is 12.8. The van der Waals surface area contributed by atoms with Crippen molar-refractivity contribution in [3.63, 3.8) is 0 Å². The molecule has 3 aromatic rings. The third kappa shape index (κ3) is 2.92. The smallest absolute Gasteiger partial charge is 0.198 e. The fourth-order valence-corrected chi connectivity index (χ4v) is 4.16. The first kappa shape index (κ1) is 16.0. The van der Waals surface area contributed by atoms with Gasteiger partial charge in [-0.1, -0.05) is 11.6 Å². The van der Waals surface area contributed by atoms with Crippen LogP contribution < -0.4 is 4.90 Å². The van der Waals surface area contributed by atoms with E-state index in [9.17, 15) is 0 Å². The third-order valence-electron chi connectivity index (χ3n) is 5.60. The molecule has 0 unspecified atom stereocenters. The lowest BCUT2D eigenvalue weighted by Crippen LogP contribution is -2.33. The van der Waals surface area contributed by atoms with Crippen molar-refractivity contribution in [2.75, 3.05) is 18.0 Å². The van der Waals surface area contributed by atoms with Crippen LogP contribution in [0.4, 0.5) is 5.69 Å². The lowest BCUT2D eigenvalue weighted by Gasteiger charge is -2.34. The number of anilines is 1. The lowest BCUT2D eigenvalue weighted by atomic mass is 9.90. The summed E-state index contributed by atoms with van der Waals surface area (Å²) in [6, 6.07) is 4.25. The molecule has 26 heavy (non-hydrogen) atoms. The van der Waals surface area contributed by atoms with Crippen LogP contribution in [-0.2, 0) is 6.42 Å². The molecular formula is C19H21ClN6. The Hall–Kier alpha value is -2.21. The maximum Gasteiger partial charge on any atom is 0.198 e. The molecule has 5 rings (SSSR count). The number of aromatic nitrogens is 5. The highest BCUT2D eigenvalue weighted by Gasteiger charge is 2.27. The molecule has 0 bridgehead atoms. The average molecular weight is 369 g/mol. The van der Waals surface area contributed by atoms with Crippen LogP contribution in [0.1, 0.15) is 43.0 Å². The van der Waals surface area contributed by atoms with Crippen LogP contribution in [0, 0.1) is 5.92 Å². The summed E-state index contributed by atoms with van der Waals surface area (Å²) in [5.74, 6) is 2.25. The minimum Gasteiger partial charge on any atom is -0.369 e. The van der Waals surface area contributed by atoms with E-state index in [1.54, 1.807) is 0 Å². The van der Waals surface area contributed by atoms with Gasteiger partial charge in [-0.15, -0.1) is 10.2 Å². The van der Waals surface area contributed by atoms with Gasteiger partial charge in [-0.3, -0.25) is 4.98 Å². The molecule has 1 saturated carbocycles. The summed E-state index contributed by atoms with van der Waals surface area (Å²) in [5.41, 5.74) is 3.02. The number of hydrogen-bond acceptors (Lipinski definition) is 5. The van der Waals surface area contributed by atoms with E-state index in [-0.39, 0.29) is 0 Å². The summed E-state index contributed by atoms with van der Waals surface area (Å²) >= 11 is 6.68. The molecule has 134 valence electrons. The Morgan fingerprint density at radius 1 is 1.04 bits per heavy atom. The van der Waals surface area contributed by atoms with Crippen LogP contribution in [0.2, 0.25) is 5.02 Å². The van der Waals surface area contributed by atoms with E-state index in [1.165, 1.54) is 18.4 Å². The Balaban J connectivity index is 1.35. The van der Waals surface area contributed by atoms with E-state index in [4.69, 9.17) is 11.6 Å². The summed E-state index contributed by atoms with van der Waals surface area (Å²) in [6.45, 7) is 1.93. The summed E-state index contributed by atoms with van der Waals surface area (Å²) < 4.78 is 1.81. The van der Waals surface area contributed by atoms with Crippen LogP contribution in [0.15, 0.2) is 30.7 Å². The largest absolute Gasteiger partial charge is 0.369 e. The highest BCUT2D eigenvalue weighted by Crippen LogP contribution is 2.35. The molecule has 0 atom stereocenters. The van der Waals surface area contributed by atoms with Crippen LogP contribution >= 0.6 is 11.6 Å². The van der Waals surface area contributed by atoms with Crippen molar-refractivity contribution in [2.45, 2.75) is 38.0 Å². The zero-order chi connectivity index (χ0) is 17.5. The number of pyridine rings is 1. The molecule has 2 aliphatic rings. The molecule has 0 spiro atoms. The quantitative estimate of drug-likeness (QED) is 0.705. The van der Waals surface area contributed by atoms with Crippen molar-refractivity contribution in [3.8, 4) is 0 Å². The zero-order valence-corrected chi connectivity index (χ0v) is 15.3. The molecule has 1 aliphatic heterocycles. The first-order valence-corrected chi connectivity index (χ1v) is 9.71. The number of rotatable bonds is 4. The Kier molecular flexibility index (Phi) is 4.00. The Bertz CT molecular complexity index is 912. The van der Waals surface area contributed by atoms with Crippen molar-refractivity contribution in [3.05, 3.63) is 47.1 Å². The van der Waals surface area contributed by atoms with Crippen molar-refractivity contribution in [2.24, 2.45) is 5.92 Å². The van der Waals surface area contributed by atoms with Crippen molar-refractivity contribution in [1.29, 1.82) is 0 Å². The Morgan fingerprint density at radius 3 is 2.54 bits per heavy atom. The highest BCUT2D eigenvalue weighted by molar-refractivity contribution is 6.36. The Morgan fingerprint density at radius 2 is 1.81 bits per heavy atom. The topological polar surface area (TPSA) is 59.2 Å². The summed E-state index contributed by atoms with van der Waals surface area (Å²) in [4.78, 5) is 6.44. The Labute approximate surface area is 157 Å². The minimum absolute atomic E-state index is 0.586. The number of piperidine rings is 1. The lowest BCUT2D eigenvalue weighted by molar-refractivity contribution is 0.504. The normalized spacial score (nSPS) is 18.6. The molecule has 0 N–H and O–H groups in total. The molecule has 1 saturated heterocycles. The average Bonchev–Trinajstić information content (AvgIpc) is 3.42. The molecule has 3 aromatic heterocycles. The zero-order valence-electron chi connectivity index (χ0n) is 14.6. The van der Waals surface area contributed by atoms with Gasteiger partial charge in [0.15, 0.2) is 11.5 Å². The number of hydrogen-bond donors (Lipinski definition) is 0. The second kappa shape index (κ2) is 6.50. The number of nitrogens with zero attached hydrogens (tertiary/aromatic N) is 6. The summed E-state index contributed by atoms with van der Waals surface area (Å²) in [7, 11) is 0. The standard InChI is InChI=1S/C19H21ClN6/c20-18-16(12-22-26-17(11-13-1-2-13)23-24-19(18)26)25-9-5-15(6-10-25)14-3-7-21-8-4-14/h3-4,7-8,12-13,15H,1-2,5-6,9-11H2. The van der Waals surface area contributed by atoms with Crippen molar-refractivity contribution >= 4 is 22.9 Å². The van der Waals surface area contributed by atoms with E-state index in [1.807, 2.05) is 23.1 Å². The first-order valence-electron chi connectivity index (χ1n) is 9.33. The van der Waals surface area contributed by atoms with E-state index in [0.717, 1.165) is 49.8 Å². The predicted molar refractivity (Wildman–Crippen MR) is 101 cm³/mol. The van der Waals surface area contributed by atoms with Gasteiger partial charge >= 0.3 is 0 Å². The second-order valence-electron chi connectivity index (χ2n) is 7.38. The summed E-state index contributed by atoms with van der Waals surface area (Å²) in [6.07, 6.45) is 11.3. The monoisotopic (exact) mass is 368 g/mol. The molecule has 0 radical (unpaired) electrons. The molecule has 2 fully saturated rings. The second-order valence-corrected chi connectivity index (χ2v) is 7.76. The molecule has 7 heteroatoms. The van der Waals surface area contributed by atoms with Gasteiger partial charge in [-0.05, 0) is 55.2 Å². The molecule has 4 heterocycles. The molecule has 0 amide bonds. The van der Waals surface area contributed by atoms with E-state index in [0.29, 0.717) is 16.6 Å². The predicted octanol–water partition coefficient (Wildman–Crippen LogP) is 3.51. The van der Waals surface area contributed by atoms with E-state index < -0.39 is 0 Å². The van der Waals surface area contributed by atoms with Gasteiger partial charge in [0.2, 0.25) is 0 Å². The fraction of sp³-hybridized carbons (Fsp3) is 0.474. The third-order valence-corrected chi connectivity index (χ3v) is 5.97. The van der Waals surface area contributed by atoms with Crippen molar-refractivity contribution < 1.29 is 0 Å². The van der Waals surface area contributed by atoms with Gasteiger partial charge in [0.1, 0.15) is 5.02 Å². The van der Waals surface area contributed by atoms with Gasteiger partial charge in [-0.2, -0.15) is 9.61 Å². The maximum atomic E-state index is 6.68. The van der Waals surface area contributed by atoms with Gasteiger partial charge in [0, 0.05) is 31.9 Å². The van der Waals surface area contributed by atoms with Gasteiger partial charge in [0.25, 0.3) is 0 Å². The fourth-order valence-electron chi connectivity index (χ4n) is 3.87. The number of halogens is 1. The van der Waals surface area contributed by atoms with Crippen LogP contribution in [0.5, 0.6) is 0 Å². The van der Waals surface area contributed by atoms with Crippen molar-refractivity contribution in [1.82, 2.24) is 24.8 Å². The van der Waals surface area contributed by atoms with Gasteiger partial charge < -0.3 is 4.90 Å². The molecule has 0 aromatic carbocycles. The van der Waals surface area contributed by atoms with Crippen LogP contribution in [-0.4, -0.2) is 37.9 Å². The SMILES string of the molecule is Clc1c(N2CCC(c3ccncc3)CC2)cnn2c(CC3CC3)nnc12. The van der Waals surface area contributed by atoms with Gasteiger partial charge in [-0.25, -0.2) is 0 Å². The van der Waals surface area contributed by atoms with Crippen LogP contribution in [0.3, 0.4) is 0 Å². The van der Waals surface area contributed by atoms with Crippen LogP contribution in [0.25, 0.3) is 5.65 Å². The summed E-state index contributed by atoms with van der Waals surface area (Å²) in [5, 5.41) is 13.9. The molecule has 6 nitrogen and oxygen atoms in total.